The molecule has 0 aromatic heterocycles. The summed E-state index contributed by atoms with van der Waals surface area (Å²) in [6, 6.07) is 4.42. The van der Waals surface area contributed by atoms with Crippen LogP contribution in [0.1, 0.15) is 17.3 Å². The second-order valence-corrected chi connectivity index (χ2v) is 3.21. The number of nitrogens with two attached hydrogens (primary N) is 2. The molecule has 1 aromatic rings. The van der Waals surface area contributed by atoms with Gasteiger partial charge in [0.05, 0.1) is 12.2 Å². The van der Waals surface area contributed by atoms with Crippen molar-refractivity contribution in [2.75, 3.05) is 18.9 Å². The molecule has 0 spiro atoms. The Morgan fingerprint density at radius 2 is 2.06 bits per heavy atom. The standard InChI is InChI=1S/C11H14N2O4/c1-2-16-10(14)6-17-9-4-3-7(12)5-8(9)11(13)15/h3-5H,2,6,12H2,1H3,(H2,13,15). The Bertz CT molecular complexity index is 431. The maximum Gasteiger partial charge on any atom is 0.344 e. The molecule has 0 aliphatic rings. The monoisotopic (exact) mass is 238 g/mol. The van der Waals surface area contributed by atoms with Crippen molar-refractivity contribution in [3.63, 3.8) is 0 Å². The molecule has 6 nitrogen and oxygen atoms in total. The van der Waals surface area contributed by atoms with Gasteiger partial charge in [-0.2, -0.15) is 0 Å². The second-order valence-electron chi connectivity index (χ2n) is 3.21. The minimum Gasteiger partial charge on any atom is -0.481 e. The molecule has 6 heteroatoms. The van der Waals surface area contributed by atoms with E-state index in [1.54, 1.807) is 13.0 Å². The molecule has 0 aliphatic carbocycles. The van der Waals surface area contributed by atoms with Gasteiger partial charge >= 0.3 is 5.97 Å². The zero-order chi connectivity index (χ0) is 12.8. The fraction of sp³-hybridized carbons (Fsp3) is 0.273. The average molecular weight is 238 g/mol. The number of benzene rings is 1. The van der Waals surface area contributed by atoms with E-state index in [4.69, 9.17) is 16.2 Å². The lowest BCUT2D eigenvalue weighted by molar-refractivity contribution is -0.145. The van der Waals surface area contributed by atoms with Gasteiger partial charge in [-0.1, -0.05) is 0 Å². The van der Waals surface area contributed by atoms with Gasteiger partial charge in [0.25, 0.3) is 5.91 Å². The highest BCUT2D eigenvalue weighted by Gasteiger charge is 2.11. The molecule has 92 valence electrons. The number of carbonyl (C=O) groups excluding carboxylic acids is 2. The maximum absolute atomic E-state index is 11.1. The zero-order valence-corrected chi connectivity index (χ0v) is 9.43. The van der Waals surface area contributed by atoms with E-state index in [-0.39, 0.29) is 24.5 Å². The van der Waals surface area contributed by atoms with Crippen molar-refractivity contribution in [1.82, 2.24) is 0 Å². The van der Waals surface area contributed by atoms with Crippen LogP contribution in [0, 0.1) is 0 Å². The number of esters is 1. The molecule has 1 amide bonds. The van der Waals surface area contributed by atoms with Gasteiger partial charge in [-0.3, -0.25) is 4.79 Å². The first-order chi connectivity index (χ1) is 8.04. The first-order valence-electron chi connectivity index (χ1n) is 5.02. The minimum absolute atomic E-state index is 0.134. The van der Waals surface area contributed by atoms with Crippen LogP contribution in [0.25, 0.3) is 0 Å². The second kappa shape index (κ2) is 5.74. The summed E-state index contributed by atoms with van der Waals surface area (Å²) in [5.74, 6) is -0.976. The van der Waals surface area contributed by atoms with Gasteiger partial charge in [0.1, 0.15) is 5.75 Å². The van der Waals surface area contributed by atoms with E-state index in [0.717, 1.165) is 0 Å². The first kappa shape index (κ1) is 12.8. The predicted octanol–water partition coefficient (Wildman–Crippen LogP) is 0.310. The lowest BCUT2D eigenvalue weighted by Gasteiger charge is -2.09. The maximum atomic E-state index is 11.1. The SMILES string of the molecule is CCOC(=O)COc1ccc(N)cc1C(N)=O. The number of ether oxygens (including phenoxy) is 2. The third-order valence-electron chi connectivity index (χ3n) is 1.92. The zero-order valence-electron chi connectivity index (χ0n) is 9.43. The minimum atomic E-state index is -0.670. The van der Waals surface area contributed by atoms with Crippen LogP contribution in [0.4, 0.5) is 5.69 Å². The third kappa shape index (κ3) is 3.67. The van der Waals surface area contributed by atoms with E-state index >= 15 is 0 Å². The van der Waals surface area contributed by atoms with Crippen molar-refractivity contribution in [2.24, 2.45) is 5.73 Å². The summed E-state index contributed by atoms with van der Waals surface area (Å²) in [6.45, 7) is 1.68. The van der Waals surface area contributed by atoms with Crippen molar-refractivity contribution in [3.8, 4) is 5.75 Å². The lowest BCUT2D eigenvalue weighted by atomic mass is 10.1. The summed E-state index contributed by atoms with van der Waals surface area (Å²) in [4.78, 5) is 22.2. The molecule has 0 radical (unpaired) electrons. The largest absolute Gasteiger partial charge is 0.481 e. The highest BCUT2D eigenvalue weighted by atomic mass is 16.6. The van der Waals surface area contributed by atoms with Crippen LogP contribution in [0.3, 0.4) is 0 Å². The summed E-state index contributed by atoms with van der Waals surface area (Å²) in [5.41, 5.74) is 11.2. The van der Waals surface area contributed by atoms with Crippen molar-refractivity contribution in [1.29, 1.82) is 0 Å². The molecule has 0 saturated heterocycles. The van der Waals surface area contributed by atoms with E-state index in [0.29, 0.717) is 5.69 Å². The molecule has 0 saturated carbocycles. The fourth-order valence-corrected chi connectivity index (χ4v) is 1.21. The summed E-state index contributed by atoms with van der Waals surface area (Å²) < 4.78 is 9.82. The number of primary amides is 1. The molecule has 0 heterocycles. The molecule has 0 fully saturated rings. The van der Waals surface area contributed by atoms with Crippen LogP contribution in [0.2, 0.25) is 0 Å². The van der Waals surface area contributed by atoms with Crippen LogP contribution in [-0.4, -0.2) is 25.1 Å². The smallest absolute Gasteiger partial charge is 0.344 e. The van der Waals surface area contributed by atoms with Gasteiger partial charge in [-0.25, -0.2) is 4.79 Å². The van der Waals surface area contributed by atoms with Crippen LogP contribution in [0.5, 0.6) is 5.75 Å². The molecule has 0 bridgehead atoms. The van der Waals surface area contributed by atoms with E-state index in [2.05, 4.69) is 4.74 Å². The number of carbonyl (C=O) groups is 2. The Morgan fingerprint density at radius 3 is 2.65 bits per heavy atom. The number of nitrogen functional groups attached to an aromatic ring is 1. The summed E-state index contributed by atoms with van der Waals surface area (Å²) in [7, 11) is 0. The molecular formula is C11H14N2O4. The fourth-order valence-electron chi connectivity index (χ4n) is 1.21. The Hall–Kier alpha value is -2.24. The Kier molecular flexibility index (Phi) is 4.33. The van der Waals surface area contributed by atoms with Crippen LogP contribution in [-0.2, 0) is 9.53 Å². The summed E-state index contributed by atoms with van der Waals surface area (Å²) >= 11 is 0. The lowest BCUT2D eigenvalue weighted by Crippen LogP contribution is -2.18. The molecule has 0 unspecified atom stereocenters. The molecule has 4 N–H and O–H groups in total. The first-order valence-corrected chi connectivity index (χ1v) is 5.02. The van der Waals surface area contributed by atoms with Gasteiger partial charge < -0.3 is 20.9 Å². The number of anilines is 1. The Balaban J connectivity index is 2.77. The molecule has 1 rings (SSSR count). The average Bonchev–Trinajstić information content (AvgIpc) is 2.27. The van der Waals surface area contributed by atoms with Crippen LogP contribution in [0.15, 0.2) is 18.2 Å². The third-order valence-corrected chi connectivity index (χ3v) is 1.92. The molecule has 0 aliphatic heterocycles. The van der Waals surface area contributed by atoms with E-state index < -0.39 is 11.9 Å². The number of amides is 1. The molecular weight excluding hydrogens is 224 g/mol. The highest BCUT2D eigenvalue weighted by molar-refractivity contribution is 5.96. The van der Waals surface area contributed by atoms with Crippen molar-refractivity contribution in [2.45, 2.75) is 6.92 Å². The van der Waals surface area contributed by atoms with Crippen LogP contribution >= 0.6 is 0 Å². The summed E-state index contributed by atoms with van der Waals surface area (Å²) in [5, 5.41) is 0. The van der Waals surface area contributed by atoms with Crippen molar-refractivity contribution in [3.05, 3.63) is 23.8 Å². The van der Waals surface area contributed by atoms with Gasteiger partial charge in [-0.15, -0.1) is 0 Å². The van der Waals surface area contributed by atoms with Crippen LogP contribution < -0.4 is 16.2 Å². The number of hydrogen-bond donors (Lipinski definition) is 2. The van der Waals surface area contributed by atoms with Gasteiger partial charge in [0.2, 0.25) is 0 Å². The Morgan fingerprint density at radius 1 is 1.35 bits per heavy atom. The number of hydrogen-bond acceptors (Lipinski definition) is 5. The van der Waals surface area contributed by atoms with Gasteiger partial charge in [0.15, 0.2) is 6.61 Å². The van der Waals surface area contributed by atoms with E-state index in [1.165, 1.54) is 12.1 Å². The van der Waals surface area contributed by atoms with Crippen molar-refractivity contribution < 1.29 is 19.1 Å². The summed E-state index contributed by atoms with van der Waals surface area (Å²) in [6.07, 6.45) is 0. The molecule has 1 aromatic carbocycles. The van der Waals surface area contributed by atoms with Gasteiger partial charge in [-0.05, 0) is 25.1 Å². The Labute approximate surface area is 98.5 Å². The topological polar surface area (TPSA) is 105 Å². The molecule has 0 atom stereocenters. The normalized spacial score (nSPS) is 9.71. The van der Waals surface area contributed by atoms with E-state index in [9.17, 15) is 9.59 Å². The molecule has 17 heavy (non-hydrogen) atoms. The van der Waals surface area contributed by atoms with Gasteiger partial charge in [0, 0.05) is 5.69 Å². The number of rotatable bonds is 5. The quantitative estimate of drug-likeness (QED) is 0.567. The highest BCUT2D eigenvalue weighted by Crippen LogP contribution is 2.20. The van der Waals surface area contributed by atoms with Crippen molar-refractivity contribution >= 4 is 17.6 Å². The predicted molar refractivity (Wildman–Crippen MR) is 61.5 cm³/mol. The van der Waals surface area contributed by atoms with E-state index in [1.807, 2.05) is 0 Å².